The lowest BCUT2D eigenvalue weighted by Crippen LogP contribution is -2.46. The fourth-order valence-corrected chi connectivity index (χ4v) is 4.09. The standard InChI is InChI=1S/C17H26N2O3S/c1-4-17(20)19-11-9-15(10-12-19)18-23(21,22)16-7-5-14(6-8-16)13(2)3/h5-8,13,15,18H,4,9-12H2,1-3H3. The third kappa shape index (κ3) is 4.54. The molecule has 0 spiro atoms. The van der Waals surface area contributed by atoms with Gasteiger partial charge in [0.1, 0.15) is 0 Å². The highest BCUT2D eigenvalue weighted by atomic mass is 32.2. The van der Waals surface area contributed by atoms with Gasteiger partial charge in [-0.1, -0.05) is 32.9 Å². The number of likely N-dealkylation sites (tertiary alicyclic amines) is 1. The van der Waals surface area contributed by atoms with Crippen molar-refractivity contribution in [3.63, 3.8) is 0 Å². The van der Waals surface area contributed by atoms with Crippen LogP contribution in [0.5, 0.6) is 0 Å². The summed E-state index contributed by atoms with van der Waals surface area (Å²) in [5, 5.41) is 0. The van der Waals surface area contributed by atoms with Crippen molar-refractivity contribution < 1.29 is 13.2 Å². The molecule has 1 amide bonds. The lowest BCUT2D eigenvalue weighted by atomic mass is 10.0. The lowest BCUT2D eigenvalue weighted by molar-refractivity contribution is -0.131. The molecule has 0 aliphatic carbocycles. The molecule has 0 aromatic heterocycles. The Labute approximate surface area is 139 Å². The average Bonchev–Trinajstić information content (AvgIpc) is 2.54. The molecule has 6 heteroatoms. The fourth-order valence-electron chi connectivity index (χ4n) is 2.79. The van der Waals surface area contributed by atoms with E-state index in [0.29, 0.717) is 43.2 Å². The maximum atomic E-state index is 12.5. The first-order chi connectivity index (χ1) is 10.8. The third-order valence-corrected chi connectivity index (χ3v) is 5.87. The van der Waals surface area contributed by atoms with E-state index in [0.717, 1.165) is 5.56 Å². The van der Waals surface area contributed by atoms with E-state index in [1.54, 1.807) is 12.1 Å². The molecular weight excluding hydrogens is 312 g/mol. The SMILES string of the molecule is CCC(=O)N1CCC(NS(=O)(=O)c2ccc(C(C)C)cc2)CC1. The topological polar surface area (TPSA) is 66.5 Å². The number of carbonyl (C=O) groups is 1. The van der Waals surface area contributed by atoms with Crippen LogP contribution in [-0.4, -0.2) is 38.4 Å². The van der Waals surface area contributed by atoms with E-state index in [1.807, 2.05) is 24.0 Å². The maximum Gasteiger partial charge on any atom is 0.240 e. The number of rotatable bonds is 5. The van der Waals surface area contributed by atoms with Gasteiger partial charge in [0.15, 0.2) is 0 Å². The molecule has 0 atom stereocenters. The summed E-state index contributed by atoms with van der Waals surface area (Å²) in [7, 11) is -3.50. The highest BCUT2D eigenvalue weighted by Crippen LogP contribution is 2.19. The van der Waals surface area contributed by atoms with Gasteiger partial charge in [-0.05, 0) is 36.5 Å². The van der Waals surface area contributed by atoms with E-state index in [1.165, 1.54) is 0 Å². The normalized spacial score (nSPS) is 16.8. The summed E-state index contributed by atoms with van der Waals surface area (Å²) >= 11 is 0. The Balaban J connectivity index is 1.98. The van der Waals surface area contributed by atoms with E-state index in [4.69, 9.17) is 0 Å². The van der Waals surface area contributed by atoms with Crippen molar-refractivity contribution in [2.24, 2.45) is 0 Å². The molecule has 1 saturated heterocycles. The number of hydrogen-bond donors (Lipinski definition) is 1. The molecule has 0 unspecified atom stereocenters. The van der Waals surface area contributed by atoms with Gasteiger partial charge in [-0.15, -0.1) is 0 Å². The molecule has 1 aliphatic rings. The van der Waals surface area contributed by atoms with Gasteiger partial charge < -0.3 is 4.90 Å². The molecule has 1 aliphatic heterocycles. The van der Waals surface area contributed by atoms with Crippen LogP contribution < -0.4 is 4.72 Å². The minimum Gasteiger partial charge on any atom is -0.343 e. The molecule has 23 heavy (non-hydrogen) atoms. The zero-order valence-electron chi connectivity index (χ0n) is 14.1. The Morgan fingerprint density at radius 3 is 2.26 bits per heavy atom. The van der Waals surface area contributed by atoms with E-state index < -0.39 is 10.0 Å². The Kier molecular flexibility index (Phi) is 5.81. The second-order valence-corrected chi connectivity index (χ2v) is 8.07. The van der Waals surface area contributed by atoms with Gasteiger partial charge in [0.2, 0.25) is 15.9 Å². The molecule has 2 rings (SSSR count). The summed E-state index contributed by atoms with van der Waals surface area (Å²) in [5.74, 6) is 0.510. The summed E-state index contributed by atoms with van der Waals surface area (Å²) in [6.45, 7) is 7.23. The van der Waals surface area contributed by atoms with Gasteiger partial charge in [-0.2, -0.15) is 0 Å². The Morgan fingerprint density at radius 1 is 1.22 bits per heavy atom. The predicted molar refractivity (Wildman–Crippen MR) is 90.7 cm³/mol. The summed E-state index contributed by atoms with van der Waals surface area (Å²) in [4.78, 5) is 13.8. The van der Waals surface area contributed by atoms with Crippen LogP contribution in [0, 0.1) is 0 Å². The quantitative estimate of drug-likeness (QED) is 0.897. The minimum absolute atomic E-state index is 0.106. The maximum absolute atomic E-state index is 12.5. The summed E-state index contributed by atoms with van der Waals surface area (Å²) in [5.41, 5.74) is 1.12. The van der Waals surface area contributed by atoms with Gasteiger partial charge in [-0.25, -0.2) is 13.1 Å². The van der Waals surface area contributed by atoms with Crippen molar-refractivity contribution in [2.75, 3.05) is 13.1 Å². The van der Waals surface area contributed by atoms with E-state index >= 15 is 0 Å². The largest absolute Gasteiger partial charge is 0.343 e. The Bertz CT molecular complexity index is 630. The van der Waals surface area contributed by atoms with Crippen LogP contribution >= 0.6 is 0 Å². The van der Waals surface area contributed by atoms with E-state index in [9.17, 15) is 13.2 Å². The molecule has 128 valence electrons. The van der Waals surface area contributed by atoms with Crippen molar-refractivity contribution in [2.45, 2.75) is 56.9 Å². The van der Waals surface area contributed by atoms with Crippen LogP contribution in [0.2, 0.25) is 0 Å². The number of sulfonamides is 1. The Morgan fingerprint density at radius 2 is 1.78 bits per heavy atom. The average molecular weight is 338 g/mol. The van der Waals surface area contributed by atoms with Crippen LogP contribution in [0.25, 0.3) is 0 Å². The van der Waals surface area contributed by atoms with Crippen LogP contribution in [-0.2, 0) is 14.8 Å². The molecule has 1 N–H and O–H groups in total. The molecule has 1 heterocycles. The number of amides is 1. The highest BCUT2D eigenvalue weighted by molar-refractivity contribution is 7.89. The number of nitrogens with zero attached hydrogens (tertiary/aromatic N) is 1. The molecule has 1 aromatic carbocycles. The zero-order valence-corrected chi connectivity index (χ0v) is 14.9. The van der Waals surface area contributed by atoms with Crippen molar-refractivity contribution in [3.8, 4) is 0 Å². The van der Waals surface area contributed by atoms with Crippen LogP contribution in [0.1, 0.15) is 51.5 Å². The molecule has 0 saturated carbocycles. The van der Waals surface area contributed by atoms with Gasteiger partial charge in [0.05, 0.1) is 4.90 Å². The predicted octanol–water partition coefficient (Wildman–Crippen LogP) is 2.49. The third-order valence-electron chi connectivity index (χ3n) is 4.33. The highest BCUT2D eigenvalue weighted by Gasteiger charge is 2.26. The number of benzene rings is 1. The molecule has 0 radical (unpaired) electrons. The van der Waals surface area contributed by atoms with Crippen LogP contribution in [0.3, 0.4) is 0 Å². The minimum atomic E-state index is -3.50. The van der Waals surface area contributed by atoms with Gasteiger partial charge in [0, 0.05) is 25.6 Å². The smallest absolute Gasteiger partial charge is 0.240 e. The van der Waals surface area contributed by atoms with Crippen molar-refractivity contribution in [1.29, 1.82) is 0 Å². The number of piperidine rings is 1. The first kappa shape index (κ1) is 17.9. The lowest BCUT2D eigenvalue weighted by Gasteiger charge is -2.32. The summed E-state index contributed by atoms with van der Waals surface area (Å²) in [6.07, 6.45) is 1.82. The molecular formula is C17H26N2O3S. The molecule has 1 fully saturated rings. The summed E-state index contributed by atoms with van der Waals surface area (Å²) in [6, 6.07) is 6.94. The molecule has 5 nitrogen and oxygen atoms in total. The van der Waals surface area contributed by atoms with Crippen molar-refractivity contribution >= 4 is 15.9 Å². The van der Waals surface area contributed by atoms with Crippen LogP contribution in [0.15, 0.2) is 29.2 Å². The van der Waals surface area contributed by atoms with Crippen molar-refractivity contribution in [1.82, 2.24) is 9.62 Å². The van der Waals surface area contributed by atoms with Gasteiger partial charge in [0.25, 0.3) is 0 Å². The van der Waals surface area contributed by atoms with Gasteiger partial charge >= 0.3 is 0 Å². The molecule has 0 bridgehead atoms. The first-order valence-corrected chi connectivity index (χ1v) is 9.72. The number of carbonyl (C=O) groups excluding carboxylic acids is 1. The monoisotopic (exact) mass is 338 g/mol. The van der Waals surface area contributed by atoms with Gasteiger partial charge in [-0.3, -0.25) is 4.79 Å². The van der Waals surface area contributed by atoms with Crippen molar-refractivity contribution in [3.05, 3.63) is 29.8 Å². The second-order valence-electron chi connectivity index (χ2n) is 6.35. The van der Waals surface area contributed by atoms with E-state index in [-0.39, 0.29) is 11.9 Å². The fraction of sp³-hybridized carbons (Fsp3) is 0.588. The van der Waals surface area contributed by atoms with E-state index in [2.05, 4.69) is 18.6 Å². The first-order valence-electron chi connectivity index (χ1n) is 8.23. The molecule has 1 aromatic rings. The Hall–Kier alpha value is -1.40. The number of hydrogen-bond acceptors (Lipinski definition) is 3. The summed E-state index contributed by atoms with van der Waals surface area (Å²) < 4.78 is 27.7. The zero-order chi connectivity index (χ0) is 17.0. The second kappa shape index (κ2) is 7.45. The number of nitrogens with one attached hydrogen (secondary N) is 1. The van der Waals surface area contributed by atoms with Crippen LogP contribution in [0.4, 0.5) is 0 Å².